The number of esters is 4. The Labute approximate surface area is 274 Å². The standard InChI is InChI=1S/C36H55NO9/c1-33(2,3)29(38)42-21-24-25(44-30(39)34(4,5)6)26(45-31(40)35(7,8)9)27(46-32(41)36(10,11)12)28(43-24)37-20-16-19-23(37)22-17-14-13-15-18-22/h13-15,17-18,23-28H,16,19-21H2,1-12H3/t23-,24+,25-,26-,27+,28+/m0/s1. The molecule has 10 nitrogen and oxygen atoms in total. The number of carbonyl (C=O) groups excluding carboxylic acids is 4. The van der Waals surface area contributed by atoms with Crippen LogP contribution < -0.4 is 0 Å². The largest absolute Gasteiger partial charge is 0.462 e. The minimum absolute atomic E-state index is 0.0903. The fourth-order valence-corrected chi connectivity index (χ4v) is 5.10. The Hall–Kier alpha value is -2.98. The van der Waals surface area contributed by atoms with E-state index in [1.807, 2.05) is 30.3 Å². The zero-order chi connectivity index (χ0) is 34.8. The summed E-state index contributed by atoms with van der Waals surface area (Å²) in [5.74, 6) is -2.15. The first-order valence-electron chi connectivity index (χ1n) is 16.3. The maximum Gasteiger partial charge on any atom is 0.311 e. The third-order valence-electron chi connectivity index (χ3n) is 7.97. The highest BCUT2D eigenvalue weighted by molar-refractivity contribution is 5.78. The predicted molar refractivity (Wildman–Crippen MR) is 172 cm³/mol. The van der Waals surface area contributed by atoms with Gasteiger partial charge in [0.1, 0.15) is 12.7 Å². The van der Waals surface area contributed by atoms with Crippen molar-refractivity contribution in [3.05, 3.63) is 35.9 Å². The van der Waals surface area contributed by atoms with E-state index in [9.17, 15) is 19.2 Å². The van der Waals surface area contributed by atoms with E-state index in [0.29, 0.717) is 6.54 Å². The monoisotopic (exact) mass is 645 g/mol. The molecule has 0 radical (unpaired) electrons. The summed E-state index contributed by atoms with van der Waals surface area (Å²) in [6.45, 7) is 21.0. The molecular weight excluding hydrogens is 590 g/mol. The van der Waals surface area contributed by atoms with Crippen molar-refractivity contribution in [2.75, 3.05) is 13.2 Å². The molecular formula is C36H55NO9. The van der Waals surface area contributed by atoms with Gasteiger partial charge in [-0.3, -0.25) is 24.1 Å². The van der Waals surface area contributed by atoms with Crippen molar-refractivity contribution in [3.8, 4) is 0 Å². The van der Waals surface area contributed by atoms with Crippen LogP contribution in [0.4, 0.5) is 0 Å². The molecule has 0 spiro atoms. The number of carbonyl (C=O) groups is 4. The Balaban J connectivity index is 2.20. The average Bonchev–Trinajstić information content (AvgIpc) is 3.42. The molecule has 1 aromatic rings. The summed E-state index contributed by atoms with van der Waals surface area (Å²) in [7, 11) is 0. The molecule has 3 rings (SSSR count). The molecule has 1 aromatic carbocycles. The first kappa shape index (κ1) is 37.5. The fraction of sp³-hybridized carbons (Fsp3) is 0.722. The van der Waals surface area contributed by atoms with Crippen molar-refractivity contribution in [3.63, 3.8) is 0 Å². The number of hydrogen-bond acceptors (Lipinski definition) is 10. The van der Waals surface area contributed by atoms with E-state index in [4.69, 9.17) is 23.7 Å². The van der Waals surface area contributed by atoms with Crippen LogP contribution in [0.3, 0.4) is 0 Å². The summed E-state index contributed by atoms with van der Waals surface area (Å²) >= 11 is 0. The van der Waals surface area contributed by atoms with Gasteiger partial charge in [-0.2, -0.15) is 0 Å². The van der Waals surface area contributed by atoms with E-state index in [0.717, 1.165) is 18.4 Å². The van der Waals surface area contributed by atoms with Crippen LogP contribution in [0.5, 0.6) is 0 Å². The highest BCUT2D eigenvalue weighted by Crippen LogP contribution is 2.41. The lowest BCUT2D eigenvalue weighted by atomic mass is 9.92. The average molecular weight is 646 g/mol. The maximum atomic E-state index is 13.6. The van der Waals surface area contributed by atoms with Crippen molar-refractivity contribution >= 4 is 23.9 Å². The topological polar surface area (TPSA) is 118 Å². The van der Waals surface area contributed by atoms with Gasteiger partial charge in [0, 0.05) is 12.6 Å². The quantitative estimate of drug-likeness (QED) is 0.258. The fourth-order valence-electron chi connectivity index (χ4n) is 5.10. The lowest BCUT2D eigenvalue weighted by Crippen LogP contribution is -2.67. The summed E-state index contributed by atoms with van der Waals surface area (Å²) in [4.78, 5) is 55.6. The lowest BCUT2D eigenvalue weighted by Gasteiger charge is -2.49. The van der Waals surface area contributed by atoms with Gasteiger partial charge in [-0.1, -0.05) is 30.3 Å². The highest BCUT2D eigenvalue weighted by Gasteiger charge is 2.57. The Morgan fingerprint density at radius 1 is 0.674 bits per heavy atom. The molecule has 2 heterocycles. The molecule has 2 fully saturated rings. The second-order valence-corrected chi connectivity index (χ2v) is 16.6. The molecule has 0 N–H and O–H groups in total. The number of hydrogen-bond donors (Lipinski definition) is 0. The summed E-state index contributed by atoms with van der Waals surface area (Å²) in [5, 5.41) is 0. The molecule has 10 heteroatoms. The third-order valence-corrected chi connectivity index (χ3v) is 7.97. The Morgan fingerprint density at radius 3 is 1.61 bits per heavy atom. The van der Waals surface area contributed by atoms with Gasteiger partial charge >= 0.3 is 23.9 Å². The minimum Gasteiger partial charge on any atom is -0.462 e. The molecule has 0 unspecified atom stereocenters. The Bertz CT molecular complexity index is 1230. The zero-order valence-corrected chi connectivity index (χ0v) is 29.8. The molecule has 0 amide bonds. The number of likely N-dealkylation sites (tertiary alicyclic amines) is 1. The van der Waals surface area contributed by atoms with Crippen LogP contribution in [0.25, 0.3) is 0 Å². The predicted octanol–water partition coefficient (Wildman–Crippen LogP) is 6.01. The van der Waals surface area contributed by atoms with Gasteiger partial charge in [-0.15, -0.1) is 0 Å². The van der Waals surface area contributed by atoms with E-state index in [-0.39, 0.29) is 12.6 Å². The zero-order valence-electron chi connectivity index (χ0n) is 29.8. The van der Waals surface area contributed by atoms with Crippen LogP contribution in [-0.2, 0) is 42.9 Å². The molecule has 2 aliphatic rings. The van der Waals surface area contributed by atoms with Crippen LogP contribution >= 0.6 is 0 Å². The summed E-state index contributed by atoms with van der Waals surface area (Å²) < 4.78 is 31.0. The maximum absolute atomic E-state index is 13.6. The van der Waals surface area contributed by atoms with Crippen molar-refractivity contribution in [2.24, 2.45) is 21.7 Å². The summed E-state index contributed by atoms with van der Waals surface area (Å²) in [6, 6.07) is 9.87. The molecule has 258 valence electrons. The summed E-state index contributed by atoms with van der Waals surface area (Å²) in [5.41, 5.74) is -2.50. The van der Waals surface area contributed by atoms with Gasteiger partial charge in [-0.25, -0.2) is 0 Å². The minimum atomic E-state index is -1.27. The van der Waals surface area contributed by atoms with Gasteiger partial charge in [-0.05, 0) is 101 Å². The van der Waals surface area contributed by atoms with E-state index >= 15 is 0 Å². The SMILES string of the molecule is CC(C)(C)C(=O)OC[C@H]1O[C@@H](N2CCC[C@H]2c2ccccc2)[C@H](OC(=O)C(C)(C)C)[C@@H](OC(=O)C(C)(C)C)[C@H]1OC(=O)C(C)(C)C. The Morgan fingerprint density at radius 2 is 1.13 bits per heavy atom. The molecule has 6 atom stereocenters. The van der Waals surface area contributed by atoms with Gasteiger partial charge in [0.05, 0.1) is 21.7 Å². The highest BCUT2D eigenvalue weighted by atomic mass is 16.7. The van der Waals surface area contributed by atoms with Crippen molar-refractivity contribution in [1.29, 1.82) is 0 Å². The van der Waals surface area contributed by atoms with Crippen LogP contribution in [0.1, 0.15) is 108 Å². The molecule has 46 heavy (non-hydrogen) atoms. The van der Waals surface area contributed by atoms with Crippen molar-refractivity contribution in [1.82, 2.24) is 4.90 Å². The first-order valence-corrected chi connectivity index (χ1v) is 16.3. The smallest absolute Gasteiger partial charge is 0.311 e. The molecule has 0 aliphatic carbocycles. The van der Waals surface area contributed by atoms with E-state index < -0.39 is 76.2 Å². The third kappa shape index (κ3) is 9.31. The first-order chi connectivity index (χ1) is 21.0. The molecule has 0 saturated carbocycles. The van der Waals surface area contributed by atoms with E-state index in [1.54, 1.807) is 83.1 Å². The number of rotatable bonds is 7. The van der Waals surface area contributed by atoms with Gasteiger partial charge in [0.2, 0.25) is 0 Å². The number of benzene rings is 1. The van der Waals surface area contributed by atoms with E-state index in [2.05, 4.69) is 4.90 Å². The van der Waals surface area contributed by atoms with E-state index in [1.165, 1.54) is 0 Å². The second kappa shape index (κ2) is 14.0. The number of nitrogens with zero attached hydrogens (tertiary/aromatic N) is 1. The number of ether oxygens (including phenoxy) is 5. The van der Waals surface area contributed by atoms with Crippen LogP contribution in [0, 0.1) is 21.7 Å². The van der Waals surface area contributed by atoms with Gasteiger partial charge < -0.3 is 23.7 Å². The molecule has 2 aliphatic heterocycles. The van der Waals surface area contributed by atoms with Crippen molar-refractivity contribution < 1.29 is 42.9 Å². The van der Waals surface area contributed by atoms with Gasteiger partial charge in [0.25, 0.3) is 0 Å². The lowest BCUT2D eigenvalue weighted by molar-refractivity contribution is -0.286. The second-order valence-electron chi connectivity index (χ2n) is 16.6. The van der Waals surface area contributed by atoms with Crippen LogP contribution in [-0.4, -0.2) is 72.6 Å². The molecule has 2 saturated heterocycles. The van der Waals surface area contributed by atoms with Gasteiger partial charge in [0.15, 0.2) is 24.5 Å². The molecule has 0 bridgehead atoms. The summed E-state index contributed by atoms with van der Waals surface area (Å²) in [6.07, 6.45) is -3.98. The van der Waals surface area contributed by atoms with Crippen LogP contribution in [0.2, 0.25) is 0 Å². The van der Waals surface area contributed by atoms with Crippen LogP contribution in [0.15, 0.2) is 30.3 Å². The normalized spacial score (nSPS) is 26.3. The molecule has 0 aromatic heterocycles. The van der Waals surface area contributed by atoms with Crippen molar-refractivity contribution in [2.45, 2.75) is 133 Å². The Kier molecular flexibility index (Phi) is 11.4.